The van der Waals surface area contributed by atoms with Crippen molar-refractivity contribution in [2.45, 2.75) is 56.9 Å². The fourth-order valence-corrected chi connectivity index (χ4v) is 2.51. The number of halogens is 1. The predicted molar refractivity (Wildman–Crippen MR) is 67.6 cm³/mol. The van der Waals surface area contributed by atoms with Crippen LogP contribution in [0.15, 0.2) is 0 Å². The lowest BCUT2D eigenvalue weighted by Gasteiger charge is -2.34. The zero-order chi connectivity index (χ0) is 10.7. The first-order valence-corrected chi connectivity index (χ1v) is 6.26. The minimum Gasteiger partial charge on any atom is -0.354 e. The molecule has 4 heteroatoms. The summed E-state index contributed by atoms with van der Waals surface area (Å²) in [4.78, 5) is 11.6. The van der Waals surface area contributed by atoms with E-state index in [0.717, 1.165) is 25.7 Å². The summed E-state index contributed by atoms with van der Waals surface area (Å²) in [6.07, 6.45) is 9.23. The average Bonchev–Trinajstić information content (AvgIpc) is 2.14. The van der Waals surface area contributed by atoms with Crippen molar-refractivity contribution in [3.05, 3.63) is 0 Å². The van der Waals surface area contributed by atoms with Gasteiger partial charge < -0.3 is 11.1 Å². The maximum absolute atomic E-state index is 11.6. The molecule has 16 heavy (non-hydrogen) atoms. The lowest BCUT2D eigenvalue weighted by atomic mass is 9.81. The zero-order valence-electron chi connectivity index (χ0n) is 9.84. The van der Waals surface area contributed by atoms with Crippen LogP contribution in [0.4, 0.5) is 0 Å². The molecule has 0 saturated heterocycles. The largest absolute Gasteiger partial charge is 0.354 e. The summed E-state index contributed by atoms with van der Waals surface area (Å²) in [7, 11) is 0. The van der Waals surface area contributed by atoms with E-state index in [1.165, 1.54) is 25.7 Å². The third kappa shape index (κ3) is 3.36. The maximum atomic E-state index is 11.6. The van der Waals surface area contributed by atoms with Crippen LogP contribution in [0.2, 0.25) is 0 Å². The van der Waals surface area contributed by atoms with Crippen molar-refractivity contribution >= 4 is 18.3 Å². The molecule has 0 radical (unpaired) electrons. The first-order chi connectivity index (χ1) is 7.20. The van der Waals surface area contributed by atoms with Crippen molar-refractivity contribution in [3.8, 4) is 0 Å². The molecule has 0 unspecified atom stereocenters. The van der Waals surface area contributed by atoms with Gasteiger partial charge in [-0.3, -0.25) is 4.79 Å². The van der Waals surface area contributed by atoms with Gasteiger partial charge in [-0.2, -0.15) is 0 Å². The number of nitrogens with one attached hydrogen (secondary N) is 1. The molecule has 1 amide bonds. The molecule has 2 rings (SSSR count). The van der Waals surface area contributed by atoms with Gasteiger partial charge >= 0.3 is 0 Å². The van der Waals surface area contributed by atoms with Gasteiger partial charge in [0.1, 0.15) is 0 Å². The molecule has 0 aromatic heterocycles. The summed E-state index contributed by atoms with van der Waals surface area (Å²) in [6.45, 7) is 0.683. The Morgan fingerprint density at radius 2 is 1.81 bits per heavy atom. The van der Waals surface area contributed by atoms with Gasteiger partial charge in [-0.05, 0) is 25.7 Å². The molecular weight excluding hydrogens is 224 g/mol. The van der Waals surface area contributed by atoms with Crippen LogP contribution in [0.1, 0.15) is 51.4 Å². The van der Waals surface area contributed by atoms with E-state index < -0.39 is 0 Å². The molecule has 2 saturated carbocycles. The Bertz CT molecular complexity index is 235. The monoisotopic (exact) mass is 246 g/mol. The Morgan fingerprint density at radius 3 is 2.31 bits per heavy atom. The van der Waals surface area contributed by atoms with Crippen LogP contribution in [0, 0.1) is 5.92 Å². The highest BCUT2D eigenvalue weighted by Crippen LogP contribution is 2.28. The Labute approximate surface area is 104 Å². The van der Waals surface area contributed by atoms with E-state index >= 15 is 0 Å². The van der Waals surface area contributed by atoms with Gasteiger partial charge in [-0.15, -0.1) is 12.4 Å². The fourth-order valence-electron chi connectivity index (χ4n) is 2.51. The van der Waals surface area contributed by atoms with Crippen LogP contribution < -0.4 is 11.1 Å². The van der Waals surface area contributed by atoms with Gasteiger partial charge in [0.15, 0.2) is 0 Å². The lowest BCUT2D eigenvalue weighted by Crippen LogP contribution is -2.52. The number of carbonyl (C=O) groups is 1. The standard InChI is InChI=1S/C12H22N2O.ClH/c13-12(7-2-1-3-8-12)9-14-11(15)10-5-4-6-10;/h10H,1-9,13H2,(H,14,15);1H. The summed E-state index contributed by atoms with van der Waals surface area (Å²) in [5.74, 6) is 0.522. The molecular formula is C12H23ClN2O. The fraction of sp³-hybridized carbons (Fsp3) is 0.917. The highest BCUT2D eigenvalue weighted by atomic mass is 35.5. The molecule has 0 aliphatic heterocycles. The highest BCUT2D eigenvalue weighted by Gasteiger charge is 2.30. The normalized spacial score (nSPS) is 24.1. The SMILES string of the molecule is Cl.NC1(CNC(=O)C2CCC2)CCCCC1. The van der Waals surface area contributed by atoms with Crippen LogP contribution >= 0.6 is 12.4 Å². The van der Waals surface area contributed by atoms with Crippen molar-refractivity contribution in [2.24, 2.45) is 11.7 Å². The van der Waals surface area contributed by atoms with E-state index in [0.29, 0.717) is 6.54 Å². The molecule has 2 aliphatic rings. The predicted octanol–water partition coefficient (Wildman–Crippen LogP) is 1.99. The number of hydrogen-bond acceptors (Lipinski definition) is 2. The quantitative estimate of drug-likeness (QED) is 0.800. The molecule has 0 atom stereocenters. The van der Waals surface area contributed by atoms with Gasteiger partial charge in [-0.1, -0.05) is 25.7 Å². The summed E-state index contributed by atoms with van der Waals surface area (Å²) in [6, 6.07) is 0. The van der Waals surface area contributed by atoms with E-state index in [1.807, 2.05) is 0 Å². The van der Waals surface area contributed by atoms with E-state index in [2.05, 4.69) is 5.32 Å². The number of rotatable bonds is 3. The van der Waals surface area contributed by atoms with Crippen LogP contribution in [-0.2, 0) is 4.79 Å². The topological polar surface area (TPSA) is 55.1 Å². The summed E-state index contributed by atoms with van der Waals surface area (Å²) in [5.41, 5.74) is 6.14. The third-order valence-corrected chi connectivity index (χ3v) is 3.94. The molecule has 0 spiro atoms. The number of carbonyl (C=O) groups excluding carboxylic acids is 1. The van der Waals surface area contributed by atoms with Gasteiger partial charge in [-0.25, -0.2) is 0 Å². The van der Waals surface area contributed by atoms with E-state index in [9.17, 15) is 4.79 Å². The smallest absolute Gasteiger partial charge is 0.223 e. The summed E-state index contributed by atoms with van der Waals surface area (Å²) >= 11 is 0. The second kappa shape index (κ2) is 5.87. The van der Waals surface area contributed by atoms with Crippen molar-refractivity contribution in [3.63, 3.8) is 0 Å². The number of hydrogen-bond donors (Lipinski definition) is 2. The van der Waals surface area contributed by atoms with Gasteiger partial charge in [0.2, 0.25) is 5.91 Å². The van der Waals surface area contributed by atoms with Gasteiger partial charge in [0.05, 0.1) is 0 Å². The summed E-state index contributed by atoms with van der Waals surface area (Å²) < 4.78 is 0. The Balaban J connectivity index is 0.00000128. The van der Waals surface area contributed by atoms with E-state index in [-0.39, 0.29) is 29.8 Å². The molecule has 2 aliphatic carbocycles. The second-order valence-corrected chi connectivity index (χ2v) is 5.27. The Hall–Kier alpha value is -0.280. The van der Waals surface area contributed by atoms with Crippen LogP contribution in [-0.4, -0.2) is 18.0 Å². The lowest BCUT2D eigenvalue weighted by molar-refractivity contribution is -0.127. The minimum atomic E-state index is -0.113. The molecule has 0 bridgehead atoms. The van der Waals surface area contributed by atoms with Crippen molar-refractivity contribution in [2.75, 3.05) is 6.54 Å². The Kier molecular flexibility index (Phi) is 5.06. The van der Waals surface area contributed by atoms with Crippen molar-refractivity contribution in [1.29, 1.82) is 0 Å². The van der Waals surface area contributed by atoms with Crippen LogP contribution in [0.25, 0.3) is 0 Å². The highest BCUT2D eigenvalue weighted by molar-refractivity contribution is 5.85. The van der Waals surface area contributed by atoms with E-state index in [1.54, 1.807) is 0 Å². The van der Waals surface area contributed by atoms with Crippen LogP contribution in [0.3, 0.4) is 0 Å². The third-order valence-electron chi connectivity index (χ3n) is 3.94. The molecule has 0 heterocycles. The molecule has 3 N–H and O–H groups in total. The van der Waals surface area contributed by atoms with Crippen molar-refractivity contribution in [1.82, 2.24) is 5.32 Å². The first-order valence-electron chi connectivity index (χ1n) is 6.26. The molecule has 0 aromatic rings. The molecule has 3 nitrogen and oxygen atoms in total. The minimum absolute atomic E-state index is 0. The Morgan fingerprint density at radius 1 is 1.19 bits per heavy atom. The van der Waals surface area contributed by atoms with Gasteiger partial charge in [0.25, 0.3) is 0 Å². The number of nitrogens with two attached hydrogens (primary N) is 1. The van der Waals surface area contributed by atoms with Crippen molar-refractivity contribution < 1.29 is 4.79 Å². The maximum Gasteiger partial charge on any atom is 0.223 e. The van der Waals surface area contributed by atoms with Crippen LogP contribution in [0.5, 0.6) is 0 Å². The van der Waals surface area contributed by atoms with Gasteiger partial charge in [0, 0.05) is 18.0 Å². The first kappa shape index (κ1) is 13.8. The second-order valence-electron chi connectivity index (χ2n) is 5.27. The number of amides is 1. The zero-order valence-corrected chi connectivity index (χ0v) is 10.7. The summed E-state index contributed by atoms with van der Waals surface area (Å²) in [5, 5.41) is 3.03. The molecule has 0 aromatic carbocycles. The molecule has 94 valence electrons. The molecule has 2 fully saturated rings. The van der Waals surface area contributed by atoms with E-state index in [4.69, 9.17) is 5.73 Å². The average molecular weight is 247 g/mol.